The van der Waals surface area contributed by atoms with Crippen LogP contribution >= 0.6 is 0 Å². The van der Waals surface area contributed by atoms with E-state index in [1.807, 2.05) is 0 Å². The van der Waals surface area contributed by atoms with E-state index in [9.17, 15) is 9.18 Å². The number of carbonyl (C=O) groups excluding carboxylic acids is 1. The summed E-state index contributed by atoms with van der Waals surface area (Å²) in [4.78, 5) is 11.9. The Hall–Kier alpha value is -1.26. The number of carbonyl (C=O) groups is 1. The van der Waals surface area contributed by atoms with Gasteiger partial charge >= 0.3 is 0 Å². The lowest BCUT2D eigenvalue weighted by atomic mass is 10.0. The molecule has 0 saturated carbocycles. The standard InChI is InChI=1S/C13H15FO3/c1-9-6-11(14)3-2-10(9)7-12(15)13-8-16-4-5-17-13/h2-3,6,13H,4-5,7-8H2,1H3. The molecule has 1 heterocycles. The van der Waals surface area contributed by atoms with Crippen LogP contribution in [-0.4, -0.2) is 31.7 Å². The van der Waals surface area contributed by atoms with Crippen LogP contribution in [0, 0.1) is 12.7 Å². The van der Waals surface area contributed by atoms with Gasteiger partial charge in [-0.25, -0.2) is 4.39 Å². The van der Waals surface area contributed by atoms with Gasteiger partial charge in [-0.1, -0.05) is 6.07 Å². The van der Waals surface area contributed by atoms with Crippen LogP contribution in [0.5, 0.6) is 0 Å². The number of ketones is 1. The molecule has 2 rings (SSSR count). The third kappa shape index (κ3) is 3.11. The summed E-state index contributed by atoms with van der Waals surface area (Å²) in [5.41, 5.74) is 1.63. The summed E-state index contributed by atoms with van der Waals surface area (Å²) in [5.74, 6) is -0.296. The molecule has 0 N–H and O–H groups in total. The maximum absolute atomic E-state index is 12.9. The number of halogens is 1. The quantitative estimate of drug-likeness (QED) is 0.803. The van der Waals surface area contributed by atoms with Gasteiger partial charge in [0.2, 0.25) is 0 Å². The van der Waals surface area contributed by atoms with Crippen LogP contribution < -0.4 is 0 Å². The summed E-state index contributed by atoms with van der Waals surface area (Å²) in [5, 5.41) is 0. The van der Waals surface area contributed by atoms with Gasteiger partial charge in [0, 0.05) is 6.42 Å². The maximum atomic E-state index is 12.9. The number of benzene rings is 1. The summed E-state index contributed by atoms with van der Waals surface area (Å²) >= 11 is 0. The van der Waals surface area contributed by atoms with Crippen LogP contribution in [0.1, 0.15) is 11.1 Å². The SMILES string of the molecule is Cc1cc(F)ccc1CC(=O)C1COCCO1. The predicted molar refractivity (Wildman–Crippen MR) is 60.4 cm³/mol. The van der Waals surface area contributed by atoms with Crippen LogP contribution in [0.3, 0.4) is 0 Å². The summed E-state index contributed by atoms with van der Waals surface area (Å²) in [6.45, 7) is 3.11. The van der Waals surface area contributed by atoms with E-state index in [1.54, 1.807) is 13.0 Å². The average Bonchev–Trinajstić information content (AvgIpc) is 2.34. The van der Waals surface area contributed by atoms with E-state index in [-0.39, 0.29) is 18.0 Å². The fourth-order valence-corrected chi connectivity index (χ4v) is 1.83. The van der Waals surface area contributed by atoms with Gasteiger partial charge in [-0.2, -0.15) is 0 Å². The molecule has 0 spiro atoms. The Bertz CT molecular complexity index is 411. The predicted octanol–water partition coefficient (Wildman–Crippen LogP) is 1.66. The highest BCUT2D eigenvalue weighted by Gasteiger charge is 2.22. The van der Waals surface area contributed by atoms with Crippen molar-refractivity contribution in [3.63, 3.8) is 0 Å². The minimum atomic E-state index is -0.479. The summed E-state index contributed by atoms with van der Waals surface area (Å²) in [7, 11) is 0. The van der Waals surface area contributed by atoms with Crippen molar-refractivity contribution in [2.75, 3.05) is 19.8 Å². The largest absolute Gasteiger partial charge is 0.376 e. The van der Waals surface area contributed by atoms with E-state index in [0.717, 1.165) is 11.1 Å². The first-order valence-electron chi connectivity index (χ1n) is 5.64. The van der Waals surface area contributed by atoms with Crippen LogP contribution in [0.15, 0.2) is 18.2 Å². The minimum absolute atomic E-state index is 0.0144. The average molecular weight is 238 g/mol. The Kier molecular flexibility index (Phi) is 3.86. The van der Waals surface area contributed by atoms with Gasteiger partial charge in [-0.05, 0) is 30.2 Å². The molecule has 3 nitrogen and oxygen atoms in total. The molecule has 1 unspecified atom stereocenters. The number of Topliss-reactive ketones (excluding diaryl/α,β-unsaturated/α-hetero) is 1. The van der Waals surface area contributed by atoms with E-state index in [2.05, 4.69) is 0 Å². The van der Waals surface area contributed by atoms with Gasteiger partial charge < -0.3 is 9.47 Å². The molecule has 1 aromatic carbocycles. The number of ether oxygens (including phenoxy) is 2. The Labute approximate surface area is 99.5 Å². The van der Waals surface area contributed by atoms with E-state index in [1.165, 1.54) is 12.1 Å². The zero-order valence-corrected chi connectivity index (χ0v) is 9.74. The Morgan fingerprint density at radius 1 is 1.47 bits per heavy atom. The summed E-state index contributed by atoms with van der Waals surface area (Å²) in [6.07, 6.45) is -0.214. The van der Waals surface area contributed by atoms with Crippen molar-refractivity contribution in [2.24, 2.45) is 0 Å². The normalized spacial score (nSPS) is 20.2. The highest BCUT2D eigenvalue weighted by molar-refractivity contribution is 5.85. The first-order chi connectivity index (χ1) is 8.16. The first-order valence-corrected chi connectivity index (χ1v) is 5.64. The van der Waals surface area contributed by atoms with Gasteiger partial charge in [0.25, 0.3) is 0 Å². The van der Waals surface area contributed by atoms with Crippen molar-refractivity contribution in [1.82, 2.24) is 0 Å². The van der Waals surface area contributed by atoms with Gasteiger partial charge in [0.05, 0.1) is 19.8 Å². The Morgan fingerprint density at radius 2 is 2.29 bits per heavy atom. The maximum Gasteiger partial charge on any atom is 0.168 e. The number of aryl methyl sites for hydroxylation is 1. The van der Waals surface area contributed by atoms with Gasteiger partial charge in [0.15, 0.2) is 5.78 Å². The first kappa shape index (κ1) is 12.2. The van der Waals surface area contributed by atoms with Crippen LogP contribution in [0.25, 0.3) is 0 Å². The van der Waals surface area contributed by atoms with E-state index >= 15 is 0 Å². The van der Waals surface area contributed by atoms with Crippen LogP contribution in [0.2, 0.25) is 0 Å². The third-order valence-electron chi connectivity index (χ3n) is 2.84. The minimum Gasteiger partial charge on any atom is -0.376 e. The lowest BCUT2D eigenvalue weighted by Crippen LogP contribution is -2.36. The fourth-order valence-electron chi connectivity index (χ4n) is 1.83. The molecule has 4 heteroatoms. The van der Waals surface area contributed by atoms with Crippen LogP contribution in [0.4, 0.5) is 4.39 Å². The Morgan fingerprint density at radius 3 is 2.94 bits per heavy atom. The second-order valence-electron chi connectivity index (χ2n) is 4.15. The number of hydrogen-bond acceptors (Lipinski definition) is 3. The molecular weight excluding hydrogens is 223 g/mol. The molecule has 1 saturated heterocycles. The molecular formula is C13H15FO3. The van der Waals surface area contributed by atoms with Crippen molar-refractivity contribution >= 4 is 5.78 Å². The zero-order chi connectivity index (χ0) is 12.3. The lowest BCUT2D eigenvalue weighted by Gasteiger charge is -2.22. The highest BCUT2D eigenvalue weighted by atomic mass is 19.1. The highest BCUT2D eigenvalue weighted by Crippen LogP contribution is 2.13. The molecule has 1 aliphatic heterocycles. The Balaban J connectivity index is 2.02. The summed E-state index contributed by atoms with van der Waals surface area (Å²) in [6, 6.07) is 4.45. The molecule has 0 radical (unpaired) electrons. The third-order valence-corrected chi connectivity index (χ3v) is 2.84. The molecule has 1 aromatic rings. The molecule has 1 fully saturated rings. The molecule has 0 bridgehead atoms. The summed E-state index contributed by atoms with van der Waals surface area (Å²) < 4.78 is 23.4. The molecule has 0 aromatic heterocycles. The van der Waals surface area contributed by atoms with Crippen molar-refractivity contribution in [1.29, 1.82) is 0 Å². The lowest BCUT2D eigenvalue weighted by molar-refractivity contribution is -0.144. The fraction of sp³-hybridized carbons (Fsp3) is 0.462. The number of rotatable bonds is 3. The molecule has 0 aliphatic carbocycles. The van der Waals surface area contributed by atoms with Crippen molar-refractivity contribution < 1.29 is 18.7 Å². The second kappa shape index (κ2) is 5.38. The van der Waals surface area contributed by atoms with Crippen LogP contribution in [-0.2, 0) is 20.7 Å². The molecule has 1 aliphatic rings. The molecule has 1 atom stereocenters. The van der Waals surface area contributed by atoms with Gasteiger partial charge in [0.1, 0.15) is 11.9 Å². The van der Waals surface area contributed by atoms with E-state index < -0.39 is 6.10 Å². The molecule has 17 heavy (non-hydrogen) atoms. The van der Waals surface area contributed by atoms with Crippen molar-refractivity contribution in [2.45, 2.75) is 19.4 Å². The van der Waals surface area contributed by atoms with Crippen molar-refractivity contribution in [3.05, 3.63) is 35.1 Å². The molecule has 0 amide bonds. The second-order valence-corrected chi connectivity index (χ2v) is 4.15. The van der Waals surface area contributed by atoms with Gasteiger partial charge in [-0.3, -0.25) is 4.79 Å². The number of hydrogen-bond donors (Lipinski definition) is 0. The topological polar surface area (TPSA) is 35.5 Å². The van der Waals surface area contributed by atoms with Crippen molar-refractivity contribution in [3.8, 4) is 0 Å². The zero-order valence-electron chi connectivity index (χ0n) is 9.74. The van der Waals surface area contributed by atoms with E-state index in [4.69, 9.17) is 9.47 Å². The van der Waals surface area contributed by atoms with E-state index in [0.29, 0.717) is 19.8 Å². The molecule has 92 valence electrons. The smallest absolute Gasteiger partial charge is 0.168 e. The van der Waals surface area contributed by atoms with Gasteiger partial charge in [-0.15, -0.1) is 0 Å². The monoisotopic (exact) mass is 238 g/mol.